The molecule has 178 valence electrons. The number of rotatable bonds is 8. The van der Waals surface area contributed by atoms with Gasteiger partial charge in [0.05, 0.1) is 22.6 Å². The molecule has 6 nitrogen and oxygen atoms in total. The number of benzene rings is 2. The fraction of sp³-hybridized carbons (Fsp3) is 0.357. The predicted octanol–water partition coefficient (Wildman–Crippen LogP) is 5.68. The summed E-state index contributed by atoms with van der Waals surface area (Å²) in [4.78, 5) is 29.0. The highest BCUT2D eigenvalue weighted by Crippen LogP contribution is 2.33. The van der Waals surface area contributed by atoms with Crippen molar-refractivity contribution in [2.75, 3.05) is 5.32 Å². The molecule has 1 amide bonds. The Morgan fingerprint density at radius 2 is 1.86 bits per heavy atom. The van der Waals surface area contributed by atoms with Crippen molar-refractivity contribution in [2.45, 2.75) is 64.6 Å². The maximum Gasteiger partial charge on any atom is 0.229 e. The number of aromatic nitrogens is 3. The van der Waals surface area contributed by atoms with E-state index in [1.165, 1.54) is 12.8 Å². The van der Waals surface area contributed by atoms with Crippen LogP contribution in [0.2, 0.25) is 0 Å². The topological polar surface area (TPSA) is 71.0 Å². The van der Waals surface area contributed by atoms with E-state index in [1.807, 2.05) is 24.1 Å². The quantitative estimate of drug-likeness (QED) is 0.349. The molecule has 35 heavy (non-hydrogen) atoms. The van der Waals surface area contributed by atoms with E-state index in [9.17, 15) is 4.79 Å². The van der Waals surface area contributed by atoms with Crippen molar-refractivity contribution >= 4 is 34.0 Å². The van der Waals surface area contributed by atoms with Gasteiger partial charge in [0.15, 0.2) is 0 Å². The number of carbonyl (C=O) groups is 1. The number of nitrogens with one attached hydrogen (secondary N) is 1. The predicted molar refractivity (Wildman–Crippen MR) is 140 cm³/mol. The Balaban J connectivity index is 1.26. The molecule has 0 bridgehead atoms. The maximum absolute atomic E-state index is 13.1. The number of fused-ring (bicyclic) bond motifs is 1. The van der Waals surface area contributed by atoms with Gasteiger partial charge in [-0.25, -0.2) is 15.0 Å². The minimum Gasteiger partial charge on any atom is -0.367 e. The van der Waals surface area contributed by atoms with Gasteiger partial charge in [-0.2, -0.15) is 0 Å². The lowest BCUT2D eigenvalue weighted by molar-refractivity contribution is -0.131. The summed E-state index contributed by atoms with van der Waals surface area (Å²) >= 11 is 1.60. The molecular formula is C28H29N5OS. The Hall–Kier alpha value is -3.32. The van der Waals surface area contributed by atoms with E-state index in [1.54, 1.807) is 11.3 Å². The molecule has 7 heteroatoms. The van der Waals surface area contributed by atoms with Crippen LogP contribution in [0, 0.1) is 13.8 Å². The molecule has 2 fully saturated rings. The molecule has 4 aromatic rings. The van der Waals surface area contributed by atoms with Crippen molar-refractivity contribution in [1.82, 2.24) is 19.9 Å². The monoisotopic (exact) mass is 483 g/mol. The third-order valence-corrected chi connectivity index (χ3v) is 7.47. The van der Waals surface area contributed by atoms with Gasteiger partial charge in [-0.05, 0) is 74.4 Å². The number of aryl methyl sites for hydroxylation is 2. The van der Waals surface area contributed by atoms with Crippen LogP contribution in [0.25, 0.3) is 22.0 Å². The second kappa shape index (κ2) is 9.04. The molecule has 0 spiro atoms. The van der Waals surface area contributed by atoms with Gasteiger partial charge in [0, 0.05) is 29.4 Å². The zero-order chi connectivity index (χ0) is 23.9. The first-order valence-electron chi connectivity index (χ1n) is 12.4. The average molecular weight is 484 g/mol. The van der Waals surface area contributed by atoms with Gasteiger partial charge in [0.1, 0.15) is 11.6 Å². The highest BCUT2D eigenvalue weighted by Gasteiger charge is 2.32. The molecule has 6 rings (SSSR count). The third kappa shape index (κ3) is 5.05. The molecule has 2 aromatic carbocycles. The zero-order valence-electron chi connectivity index (χ0n) is 20.1. The Labute approximate surface area is 209 Å². The first-order valence-corrected chi connectivity index (χ1v) is 13.2. The molecule has 2 aromatic heterocycles. The van der Waals surface area contributed by atoms with Crippen LogP contribution < -0.4 is 5.32 Å². The van der Waals surface area contributed by atoms with Crippen LogP contribution in [0.5, 0.6) is 0 Å². The normalized spacial score (nSPS) is 15.4. The molecule has 0 atom stereocenters. The van der Waals surface area contributed by atoms with Crippen molar-refractivity contribution in [3.63, 3.8) is 0 Å². The smallest absolute Gasteiger partial charge is 0.229 e. The SMILES string of the molecule is Cc1nc(NC2CC2)c2cc(-c3cccc(CN(C(=O)Cc4csc(C)n4)C4CC4)c3)ccc2n1. The summed E-state index contributed by atoms with van der Waals surface area (Å²) in [5.74, 6) is 1.88. The summed E-state index contributed by atoms with van der Waals surface area (Å²) in [5.41, 5.74) is 5.26. The molecule has 0 saturated heterocycles. The minimum atomic E-state index is 0.164. The lowest BCUT2D eigenvalue weighted by Gasteiger charge is -2.22. The number of amides is 1. The Morgan fingerprint density at radius 3 is 2.60 bits per heavy atom. The summed E-state index contributed by atoms with van der Waals surface area (Å²) in [7, 11) is 0. The minimum absolute atomic E-state index is 0.164. The van der Waals surface area contributed by atoms with Gasteiger partial charge >= 0.3 is 0 Å². The van der Waals surface area contributed by atoms with Crippen molar-refractivity contribution < 1.29 is 4.79 Å². The summed E-state index contributed by atoms with van der Waals surface area (Å²) in [6.45, 7) is 4.55. The van der Waals surface area contributed by atoms with E-state index in [0.717, 1.165) is 62.8 Å². The van der Waals surface area contributed by atoms with E-state index >= 15 is 0 Å². The van der Waals surface area contributed by atoms with E-state index in [-0.39, 0.29) is 5.91 Å². The third-order valence-electron chi connectivity index (χ3n) is 6.65. The van der Waals surface area contributed by atoms with Gasteiger partial charge in [0.25, 0.3) is 0 Å². The van der Waals surface area contributed by atoms with Gasteiger partial charge in [-0.15, -0.1) is 11.3 Å². The first kappa shape index (κ1) is 22.2. The van der Waals surface area contributed by atoms with Crippen LogP contribution in [-0.2, 0) is 17.8 Å². The summed E-state index contributed by atoms with van der Waals surface area (Å²) in [5, 5.41) is 7.62. The van der Waals surface area contributed by atoms with E-state index in [0.29, 0.717) is 25.0 Å². The van der Waals surface area contributed by atoms with E-state index in [2.05, 4.69) is 62.7 Å². The second-order valence-electron chi connectivity index (χ2n) is 9.76. The Kier molecular flexibility index (Phi) is 5.72. The van der Waals surface area contributed by atoms with E-state index in [4.69, 9.17) is 0 Å². The first-order chi connectivity index (χ1) is 17.0. The molecule has 0 unspecified atom stereocenters. The Morgan fingerprint density at radius 1 is 1.03 bits per heavy atom. The van der Waals surface area contributed by atoms with E-state index < -0.39 is 0 Å². The largest absolute Gasteiger partial charge is 0.367 e. The van der Waals surface area contributed by atoms with Crippen molar-refractivity contribution in [3.05, 3.63) is 69.9 Å². The van der Waals surface area contributed by atoms with Gasteiger partial charge in [0.2, 0.25) is 5.91 Å². The fourth-order valence-corrected chi connectivity index (χ4v) is 5.17. The van der Waals surface area contributed by atoms with Crippen molar-refractivity contribution in [2.24, 2.45) is 0 Å². The van der Waals surface area contributed by atoms with Crippen LogP contribution in [0.15, 0.2) is 47.8 Å². The van der Waals surface area contributed by atoms with Crippen LogP contribution in [0.1, 0.15) is 47.8 Å². The van der Waals surface area contributed by atoms with Gasteiger partial charge < -0.3 is 10.2 Å². The lowest BCUT2D eigenvalue weighted by atomic mass is 10.0. The van der Waals surface area contributed by atoms with Crippen LogP contribution >= 0.6 is 11.3 Å². The van der Waals surface area contributed by atoms with Crippen molar-refractivity contribution in [3.8, 4) is 11.1 Å². The molecule has 1 N–H and O–H groups in total. The maximum atomic E-state index is 13.1. The number of anilines is 1. The fourth-order valence-electron chi connectivity index (χ4n) is 4.55. The van der Waals surface area contributed by atoms with Gasteiger partial charge in [-0.1, -0.05) is 24.3 Å². The lowest BCUT2D eigenvalue weighted by Crippen LogP contribution is -2.33. The molecule has 0 aliphatic heterocycles. The highest BCUT2D eigenvalue weighted by atomic mass is 32.1. The second-order valence-corrected chi connectivity index (χ2v) is 10.8. The molecule has 2 aliphatic rings. The Bertz CT molecular complexity index is 1410. The number of hydrogen-bond acceptors (Lipinski definition) is 6. The average Bonchev–Trinajstić information content (AvgIpc) is 3.78. The molecule has 2 saturated carbocycles. The number of hydrogen-bond donors (Lipinski definition) is 1. The molecular weight excluding hydrogens is 454 g/mol. The van der Waals surface area contributed by atoms with Crippen LogP contribution in [0.4, 0.5) is 5.82 Å². The van der Waals surface area contributed by atoms with Crippen molar-refractivity contribution in [1.29, 1.82) is 0 Å². The highest BCUT2D eigenvalue weighted by molar-refractivity contribution is 7.09. The number of nitrogens with zero attached hydrogens (tertiary/aromatic N) is 4. The van der Waals surface area contributed by atoms with Crippen LogP contribution in [-0.4, -0.2) is 37.8 Å². The number of thiazole rings is 1. The summed E-state index contributed by atoms with van der Waals surface area (Å²) in [6, 6.07) is 15.8. The molecule has 0 radical (unpaired) electrons. The van der Waals surface area contributed by atoms with Gasteiger partial charge in [-0.3, -0.25) is 4.79 Å². The van der Waals surface area contributed by atoms with Crippen LogP contribution in [0.3, 0.4) is 0 Å². The molecule has 2 heterocycles. The number of carbonyl (C=O) groups excluding carboxylic acids is 1. The standard InChI is InChI=1S/C28H29N5OS/c1-17-29-26-11-6-21(13-25(26)28(30-17)32-22-7-8-22)20-5-3-4-19(12-20)15-33(24-9-10-24)27(34)14-23-16-35-18(2)31-23/h3-6,11-13,16,22,24H,7-10,14-15H2,1-2H3,(H,29,30,32). The molecule has 2 aliphatic carbocycles. The summed E-state index contributed by atoms with van der Waals surface area (Å²) in [6.07, 6.45) is 4.95. The zero-order valence-corrected chi connectivity index (χ0v) is 20.9. The summed E-state index contributed by atoms with van der Waals surface area (Å²) < 4.78 is 0.